The Labute approximate surface area is 181 Å². The van der Waals surface area contributed by atoms with E-state index in [0.29, 0.717) is 29.4 Å². The number of amides is 2. The molecule has 4 rings (SSSR count). The summed E-state index contributed by atoms with van der Waals surface area (Å²) in [6.07, 6.45) is 0. The van der Waals surface area contributed by atoms with Gasteiger partial charge in [-0.2, -0.15) is 16.9 Å². The zero-order valence-corrected chi connectivity index (χ0v) is 17.3. The Bertz CT molecular complexity index is 1080. The summed E-state index contributed by atoms with van der Waals surface area (Å²) in [5, 5.41) is 7.72. The van der Waals surface area contributed by atoms with Gasteiger partial charge in [-0.15, -0.1) is 0 Å². The number of hydrogen-bond acceptors (Lipinski definition) is 4. The lowest BCUT2D eigenvalue weighted by Crippen LogP contribution is -2.40. The summed E-state index contributed by atoms with van der Waals surface area (Å²) in [6.45, 7) is 1.22. The third-order valence-electron chi connectivity index (χ3n) is 4.71. The van der Waals surface area contributed by atoms with Gasteiger partial charge in [-0.25, -0.2) is 18.3 Å². The van der Waals surface area contributed by atoms with Gasteiger partial charge in [0.05, 0.1) is 0 Å². The lowest BCUT2D eigenvalue weighted by Gasteiger charge is -2.26. The maximum Gasteiger partial charge on any atom is 0.322 e. The number of carbonyl (C=O) groups excluding carboxylic acids is 1. The van der Waals surface area contributed by atoms with Gasteiger partial charge in [0.15, 0.2) is 5.82 Å². The van der Waals surface area contributed by atoms with Crippen molar-refractivity contribution in [1.29, 1.82) is 0 Å². The van der Waals surface area contributed by atoms with Crippen LogP contribution in [0, 0.1) is 11.6 Å². The first-order valence-corrected chi connectivity index (χ1v) is 10.7. The molecule has 0 unspecified atom stereocenters. The van der Waals surface area contributed by atoms with Crippen molar-refractivity contribution in [1.82, 2.24) is 14.7 Å². The summed E-state index contributed by atoms with van der Waals surface area (Å²) >= 11 is 7.75. The monoisotopic (exact) mass is 449 g/mol. The summed E-state index contributed by atoms with van der Waals surface area (Å²) < 4.78 is 29.2. The van der Waals surface area contributed by atoms with Crippen molar-refractivity contribution in [3.8, 4) is 16.9 Å². The zero-order valence-electron chi connectivity index (χ0n) is 15.7. The molecule has 2 aromatic carbocycles. The van der Waals surface area contributed by atoms with Crippen molar-refractivity contribution in [2.75, 3.05) is 35.6 Å². The smallest absolute Gasteiger partial charge is 0.322 e. The van der Waals surface area contributed by atoms with Gasteiger partial charge in [0, 0.05) is 41.2 Å². The number of nitrogens with zero attached hydrogens (tertiary/aromatic N) is 3. The van der Waals surface area contributed by atoms with Crippen molar-refractivity contribution >= 4 is 40.9 Å². The maximum atomic E-state index is 14.4. The van der Waals surface area contributed by atoms with Gasteiger partial charge < -0.3 is 16.0 Å². The number of aromatic nitrogens is 2. The van der Waals surface area contributed by atoms with Gasteiger partial charge in [-0.3, -0.25) is 0 Å². The molecule has 0 spiro atoms. The Morgan fingerprint density at radius 2 is 1.83 bits per heavy atom. The van der Waals surface area contributed by atoms with E-state index in [4.69, 9.17) is 17.3 Å². The predicted molar refractivity (Wildman–Crippen MR) is 116 cm³/mol. The second-order valence-corrected chi connectivity index (χ2v) is 8.31. The molecule has 30 heavy (non-hydrogen) atoms. The molecule has 3 N–H and O–H groups in total. The number of urea groups is 1. The van der Waals surface area contributed by atoms with E-state index in [9.17, 15) is 13.6 Å². The van der Waals surface area contributed by atoms with E-state index in [1.807, 2.05) is 0 Å². The van der Waals surface area contributed by atoms with Crippen LogP contribution in [0.1, 0.15) is 0 Å². The highest BCUT2D eigenvalue weighted by molar-refractivity contribution is 7.99. The Balaban J connectivity index is 1.80. The van der Waals surface area contributed by atoms with E-state index in [-0.39, 0.29) is 23.2 Å². The summed E-state index contributed by atoms with van der Waals surface area (Å²) in [4.78, 5) is 14.5. The predicted octanol–water partition coefficient (Wildman–Crippen LogP) is 4.63. The Kier molecular flexibility index (Phi) is 5.83. The molecule has 1 saturated heterocycles. The number of nitrogen functional groups attached to an aromatic ring is 1. The van der Waals surface area contributed by atoms with Crippen molar-refractivity contribution in [3.63, 3.8) is 0 Å². The van der Waals surface area contributed by atoms with Crippen LogP contribution in [0.15, 0.2) is 42.5 Å². The Morgan fingerprint density at radius 1 is 1.13 bits per heavy atom. The number of anilines is 2. The first kappa shape index (κ1) is 20.5. The SMILES string of the molecule is Nc1c(NC(=O)N2CCSCC2)c(-c2ccc(Cl)cc2)nn1-c1cc(F)ccc1F. The standard InChI is InChI=1S/C20H18ClF2N5OS/c21-13-3-1-12(2-4-13)17-18(25-20(29)27-7-9-30-10-8-27)19(24)28(26-17)16-11-14(22)5-6-15(16)23/h1-6,11H,7-10,24H2,(H,25,29). The molecule has 1 aliphatic rings. The molecule has 0 bridgehead atoms. The molecule has 1 aromatic heterocycles. The third kappa shape index (κ3) is 4.08. The highest BCUT2D eigenvalue weighted by Gasteiger charge is 2.24. The van der Waals surface area contributed by atoms with Crippen LogP contribution in [-0.2, 0) is 0 Å². The quantitative estimate of drug-likeness (QED) is 0.611. The van der Waals surface area contributed by atoms with E-state index in [0.717, 1.165) is 34.4 Å². The number of nitrogens with two attached hydrogens (primary N) is 1. The topological polar surface area (TPSA) is 76.2 Å². The second kappa shape index (κ2) is 8.53. The highest BCUT2D eigenvalue weighted by atomic mass is 35.5. The minimum absolute atomic E-state index is 0.0100. The van der Waals surface area contributed by atoms with Gasteiger partial charge in [0.1, 0.15) is 28.7 Å². The zero-order chi connectivity index (χ0) is 21.3. The van der Waals surface area contributed by atoms with E-state index in [1.165, 1.54) is 0 Å². The number of thioether (sulfide) groups is 1. The molecule has 156 valence electrons. The van der Waals surface area contributed by atoms with Crippen LogP contribution in [-0.4, -0.2) is 45.3 Å². The van der Waals surface area contributed by atoms with Crippen LogP contribution in [0.5, 0.6) is 0 Å². The molecule has 2 heterocycles. The van der Waals surface area contributed by atoms with Crippen LogP contribution in [0.25, 0.3) is 16.9 Å². The van der Waals surface area contributed by atoms with Gasteiger partial charge in [0.2, 0.25) is 0 Å². The average Bonchev–Trinajstić information content (AvgIpc) is 3.07. The molecular weight excluding hydrogens is 432 g/mol. The number of nitrogens with one attached hydrogen (secondary N) is 1. The minimum Gasteiger partial charge on any atom is -0.382 e. The van der Waals surface area contributed by atoms with E-state index >= 15 is 0 Å². The lowest BCUT2D eigenvalue weighted by molar-refractivity contribution is 0.217. The number of rotatable bonds is 3. The summed E-state index contributed by atoms with van der Waals surface area (Å²) in [6, 6.07) is 9.44. The molecule has 0 saturated carbocycles. The van der Waals surface area contributed by atoms with Crippen molar-refractivity contribution in [3.05, 3.63) is 59.1 Å². The van der Waals surface area contributed by atoms with Crippen LogP contribution in [0.4, 0.5) is 25.1 Å². The van der Waals surface area contributed by atoms with Crippen molar-refractivity contribution in [2.24, 2.45) is 0 Å². The molecule has 0 aliphatic carbocycles. The van der Waals surface area contributed by atoms with Crippen LogP contribution in [0.2, 0.25) is 5.02 Å². The van der Waals surface area contributed by atoms with Crippen LogP contribution < -0.4 is 11.1 Å². The number of benzene rings is 2. The fourth-order valence-corrected chi connectivity index (χ4v) is 4.18. The number of carbonyl (C=O) groups is 1. The van der Waals surface area contributed by atoms with Crippen LogP contribution in [0.3, 0.4) is 0 Å². The molecule has 0 radical (unpaired) electrons. The molecule has 3 aromatic rings. The first-order chi connectivity index (χ1) is 14.4. The van der Waals surface area contributed by atoms with Crippen molar-refractivity contribution in [2.45, 2.75) is 0 Å². The Morgan fingerprint density at radius 3 is 2.53 bits per heavy atom. The summed E-state index contributed by atoms with van der Waals surface area (Å²) in [5.41, 5.74) is 7.26. The van der Waals surface area contributed by atoms with E-state index < -0.39 is 11.6 Å². The maximum absolute atomic E-state index is 14.4. The van der Waals surface area contributed by atoms with Crippen molar-refractivity contribution < 1.29 is 13.6 Å². The van der Waals surface area contributed by atoms with E-state index in [2.05, 4.69) is 10.4 Å². The third-order valence-corrected chi connectivity index (χ3v) is 5.90. The largest absolute Gasteiger partial charge is 0.382 e. The van der Waals surface area contributed by atoms with Gasteiger partial charge in [-0.05, 0) is 24.3 Å². The van der Waals surface area contributed by atoms with Crippen LogP contribution >= 0.6 is 23.4 Å². The molecule has 10 heteroatoms. The number of halogens is 3. The first-order valence-electron chi connectivity index (χ1n) is 9.17. The molecule has 1 aliphatic heterocycles. The second-order valence-electron chi connectivity index (χ2n) is 6.65. The Hall–Kier alpha value is -2.78. The lowest BCUT2D eigenvalue weighted by atomic mass is 10.1. The van der Waals surface area contributed by atoms with Gasteiger partial charge in [-0.1, -0.05) is 23.7 Å². The average molecular weight is 450 g/mol. The van der Waals surface area contributed by atoms with Gasteiger partial charge >= 0.3 is 6.03 Å². The summed E-state index contributed by atoms with van der Waals surface area (Å²) in [5.74, 6) is 0.357. The molecule has 1 fully saturated rings. The number of hydrogen-bond donors (Lipinski definition) is 2. The highest BCUT2D eigenvalue weighted by Crippen LogP contribution is 2.35. The molecule has 2 amide bonds. The molecular formula is C20H18ClF2N5OS. The molecule has 6 nitrogen and oxygen atoms in total. The normalized spacial score (nSPS) is 14.0. The minimum atomic E-state index is -0.695. The molecule has 0 atom stereocenters. The van der Waals surface area contributed by atoms with E-state index in [1.54, 1.807) is 40.9 Å². The fraction of sp³-hybridized carbons (Fsp3) is 0.200. The summed E-state index contributed by atoms with van der Waals surface area (Å²) in [7, 11) is 0. The fourth-order valence-electron chi connectivity index (χ4n) is 3.15. The van der Waals surface area contributed by atoms with Gasteiger partial charge in [0.25, 0.3) is 0 Å².